The van der Waals surface area contributed by atoms with Crippen molar-refractivity contribution in [3.63, 3.8) is 0 Å². The molecule has 4 heterocycles. The molecule has 1 aromatic heterocycles. The van der Waals surface area contributed by atoms with Crippen LogP contribution in [0.15, 0.2) is 35.1 Å². The van der Waals surface area contributed by atoms with E-state index in [0.29, 0.717) is 27.3 Å². The van der Waals surface area contributed by atoms with Crippen LogP contribution < -0.4 is 16.2 Å². The van der Waals surface area contributed by atoms with E-state index in [-0.39, 0.29) is 18.2 Å². The largest absolute Gasteiger partial charge is 0.491 e. The highest BCUT2D eigenvalue weighted by atomic mass is 79.9. The fourth-order valence-electron chi connectivity index (χ4n) is 3.37. The number of rotatable bonds is 4. The van der Waals surface area contributed by atoms with E-state index >= 15 is 0 Å². The first kappa shape index (κ1) is 19.8. The molecule has 0 amide bonds. The molecular formula is C18H17BrN8O4. The summed E-state index contributed by atoms with van der Waals surface area (Å²) in [6.07, 6.45) is -3.12. The van der Waals surface area contributed by atoms with Crippen LogP contribution >= 0.6 is 15.9 Å². The van der Waals surface area contributed by atoms with Gasteiger partial charge in [0.25, 0.3) is 0 Å². The molecule has 2 aromatic rings. The summed E-state index contributed by atoms with van der Waals surface area (Å²) in [5, 5.41) is 30.0. The molecule has 6 N–H and O–H groups in total. The average molecular weight is 489 g/mol. The Morgan fingerprint density at radius 2 is 1.94 bits per heavy atom. The van der Waals surface area contributed by atoms with Gasteiger partial charge in [-0.05, 0) is 34.1 Å². The van der Waals surface area contributed by atoms with E-state index in [0.717, 1.165) is 10.2 Å². The van der Waals surface area contributed by atoms with E-state index in [1.54, 1.807) is 12.1 Å². The number of halogens is 1. The molecule has 13 heteroatoms. The van der Waals surface area contributed by atoms with Gasteiger partial charge < -0.3 is 31.2 Å². The van der Waals surface area contributed by atoms with Gasteiger partial charge in [-0.25, -0.2) is 15.0 Å². The summed E-state index contributed by atoms with van der Waals surface area (Å²) in [6, 6.07) is 7.20. The summed E-state index contributed by atoms with van der Waals surface area (Å²) in [4.78, 5) is 13.3. The predicted molar refractivity (Wildman–Crippen MR) is 112 cm³/mol. The van der Waals surface area contributed by atoms with Gasteiger partial charge in [0, 0.05) is 11.5 Å². The van der Waals surface area contributed by atoms with Gasteiger partial charge in [-0.2, -0.15) is 0 Å². The highest BCUT2D eigenvalue weighted by molar-refractivity contribution is 9.10. The van der Waals surface area contributed by atoms with Crippen molar-refractivity contribution >= 4 is 38.5 Å². The SMILES string of the molecule is Nc1nc2cc(OC[C@H]3O[C@@H](n4nc5ncnc-5c(N)n4)[C@H](O)[C@@H]3O)ccc2cc1Br. The summed E-state index contributed by atoms with van der Waals surface area (Å²) in [5.41, 5.74) is 12.7. The number of hydrogen-bond donors (Lipinski definition) is 4. The fourth-order valence-corrected chi connectivity index (χ4v) is 3.70. The second-order valence-corrected chi connectivity index (χ2v) is 7.87. The van der Waals surface area contributed by atoms with Gasteiger partial charge in [0.2, 0.25) is 5.82 Å². The Bertz CT molecular complexity index is 1240. The Labute approximate surface area is 183 Å². The number of pyridine rings is 1. The molecule has 1 aromatic carbocycles. The molecule has 0 saturated carbocycles. The smallest absolute Gasteiger partial charge is 0.205 e. The van der Waals surface area contributed by atoms with E-state index in [2.05, 4.69) is 41.1 Å². The summed E-state index contributed by atoms with van der Waals surface area (Å²) < 4.78 is 12.2. The maximum atomic E-state index is 10.5. The second kappa shape index (κ2) is 7.53. The highest BCUT2D eigenvalue weighted by Crippen LogP contribution is 2.31. The van der Waals surface area contributed by atoms with E-state index in [1.807, 2.05) is 12.1 Å². The van der Waals surface area contributed by atoms with Crippen molar-refractivity contribution in [2.24, 2.45) is 0 Å². The Morgan fingerprint density at radius 3 is 2.77 bits per heavy atom. The highest BCUT2D eigenvalue weighted by Gasteiger charge is 2.45. The van der Waals surface area contributed by atoms with Crippen LogP contribution in [0.2, 0.25) is 0 Å². The molecule has 3 aliphatic rings. The minimum atomic E-state index is -1.30. The average Bonchev–Trinajstić information content (AvgIpc) is 3.33. The molecule has 0 bridgehead atoms. The van der Waals surface area contributed by atoms with E-state index in [9.17, 15) is 10.2 Å². The number of nitrogens with zero attached hydrogens (tertiary/aromatic N) is 6. The van der Waals surface area contributed by atoms with Gasteiger partial charge in [0.05, 0.1) is 9.99 Å². The molecule has 0 radical (unpaired) electrons. The first-order valence-electron chi connectivity index (χ1n) is 9.24. The van der Waals surface area contributed by atoms with Gasteiger partial charge >= 0.3 is 0 Å². The standard InChI is InChI=1S/C18H17BrN8O4/c19-9-3-7-1-2-8(4-10(7)24-15(9)20)30-5-11-13(28)14(29)18(31-11)27-25-16(21)12-17(26-27)23-6-22-12/h1-4,6,11,13-14,18,28-29H,5H2,(H2,20,24)(H2,21,25)/t11-,13-,14-,18-/m1/s1. The van der Waals surface area contributed by atoms with E-state index in [1.165, 1.54) is 6.33 Å². The Balaban J connectivity index is 1.33. The van der Waals surface area contributed by atoms with Crippen LogP contribution in [0.3, 0.4) is 0 Å². The summed E-state index contributed by atoms with van der Waals surface area (Å²) in [5.74, 6) is 1.22. The van der Waals surface area contributed by atoms with Crippen LogP contribution in [0.25, 0.3) is 22.4 Å². The summed E-state index contributed by atoms with van der Waals surface area (Å²) >= 11 is 3.35. The number of aromatic nitrogens is 6. The number of fused-ring (bicyclic) bond motifs is 2. The maximum absolute atomic E-state index is 10.5. The number of aliphatic hydroxyl groups is 2. The number of hydrogen-bond acceptors (Lipinski definition) is 11. The number of nitrogen functional groups attached to an aromatic ring is 2. The van der Waals surface area contributed by atoms with Crippen molar-refractivity contribution in [1.29, 1.82) is 0 Å². The Kier molecular flexibility index (Phi) is 4.81. The Morgan fingerprint density at radius 1 is 1.10 bits per heavy atom. The number of nitrogens with two attached hydrogens (primary N) is 2. The molecule has 160 valence electrons. The molecule has 0 spiro atoms. The molecule has 0 unspecified atom stereocenters. The first-order valence-corrected chi connectivity index (χ1v) is 10.0. The fraction of sp³-hybridized carbons (Fsp3) is 0.278. The van der Waals surface area contributed by atoms with Crippen LogP contribution in [0, 0.1) is 0 Å². The van der Waals surface area contributed by atoms with Gasteiger partial charge in [-0.15, -0.1) is 15.0 Å². The monoisotopic (exact) mass is 488 g/mol. The molecule has 12 nitrogen and oxygen atoms in total. The van der Waals surface area contributed by atoms with Crippen LogP contribution in [0.1, 0.15) is 6.23 Å². The third-order valence-corrected chi connectivity index (χ3v) is 5.61. The van der Waals surface area contributed by atoms with Crippen molar-refractivity contribution in [3.05, 3.63) is 35.1 Å². The zero-order chi connectivity index (χ0) is 21.7. The topological polar surface area (TPSA) is 180 Å². The van der Waals surface area contributed by atoms with Crippen molar-refractivity contribution in [2.75, 3.05) is 18.1 Å². The Hall–Kier alpha value is -3.13. The van der Waals surface area contributed by atoms with Gasteiger partial charge in [0.1, 0.15) is 42.8 Å². The molecule has 0 aliphatic carbocycles. The predicted octanol–water partition coefficient (Wildman–Crippen LogP) is 0.346. The maximum Gasteiger partial charge on any atom is 0.205 e. The van der Waals surface area contributed by atoms with E-state index in [4.69, 9.17) is 20.9 Å². The van der Waals surface area contributed by atoms with E-state index < -0.39 is 24.5 Å². The van der Waals surface area contributed by atoms with Crippen LogP contribution in [0.4, 0.5) is 11.6 Å². The zero-order valence-corrected chi connectivity index (χ0v) is 17.4. The molecule has 5 rings (SSSR count). The number of benzene rings is 1. The lowest BCUT2D eigenvalue weighted by atomic mass is 10.1. The number of imidazole rings is 1. The van der Waals surface area contributed by atoms with Crippen LogP contribution in [0.5, 0.6) is 5.75 Å². The minimum absolute atomic E-state index is 0.0271. The molecule has 3 aliphatic heterocycles. The van der Waals surface area contributed by atoms with Crippen LogP contribution in [-0.2, 0) is 4.74 Å². The van der Waals surface area contributed by atoms with Crippen molar-refractivity contribution in [1.82, 2.24) is 29.9 Å². The molecular weight excluding hydrogens is 472 g/mol. The normalized spacial score (nSPS) is 23.6. The third-order valence-electron chi connectivity index (χ3n) is 4.98. The van der Waals surface area contributed by atoms with Gasteiger partial charge in [-0.1, -0.05) is 0 Å². The minimum Gasteiger partial charge on any atom is -0.491 e. The lowest BCUT2D eigenvalue weighted by molar-refractivity contribution is -0.0635. The van der Waals surface area contributed by atoms with Gasteiger partial charge in [0.15, 0.2) is 17.7 Å². The molecule has 1 saturated heterocycles. The quantitative estimate of drug-likeness (QED) is 0.311. The molecule has 1 fully saturated rings. The van der Waals surface area contributed by atoms with Crippen molar-refractivity contribution in [3.8, 4) is 17.3 Å². The number of anilines is 2. The lowest BCUT2D eigenvalue weighted by Gasteiger charge is -2.17. The first-order chi connectivity index (χ1) is 14.9. The lowest BCUT2D eigenvalue weighted by Crippen LogP contribution is -2.35. The summed E-state index contributed by atoms with van der Waals surface area (Å²) in [6.45, 7) is -0.0271. The number of ether oxygens (including phenoxy) is 2. The van der Waals surface area contributed by atoms with Crippen molar-refractivity contribution < 1.29 is 19.7 Å². The summed E-state index contributed by atoms with van der Waals surface area (Å²) in [7, 11) is 0. The second-order valence-electron chi connectivity index (χ2n) is 7.02. The van der Waals surface area contributed by atoms with Crippen LogP contribution in [-0.4, -0.2) is 65.1 Å². The zero-order valence-electron chi connectivity index (χ0n) is 15.8. The van der Waals surface area contributed by atoms with Gasteiger partial charge in [-0.3, -0.25) is 0 Å². The third kappa shape index (κ3) is 3.50. The molecule has 31 heavy (non-hydrogen) atoms. The molecule has 4 atom stereocenters. The number of aliphatic hydroxyl groups excluding tert-OH is 2. The van der Waals surface area contributed by atoms with Crippen molar-refractivity contribution in [2.45, 2.75) is 24.5 Å².